The summed E-state index contributed by atoms with van der Waals surface area (Å²) in [4.78, 5) is 14.1. The molecule has 0 spiro atoms. The lowest BCUT2D eigenvalue weighted by Crippen LogP contribution is -1.92. The second-order valence-electron chi connectivity index (χ2n) is 2.66. The average Bonchev–Trinajstić information content (AvgIpc) is 2.18. The molecule has 0 aliphatic carbocycles. The van der Waals surface area contributed by atoms with E-state index in [9.17, 15) is 4.79 Å². The number of pyridine rings is 1. The summed E-state index contributed by atoms with van der Waals surface area (Å²) in [6, 6.07) is 7.49. The summed E-state index contributed by atoms with van der Waals surface area (Å²) in [6.07, 6.45) is 5.13. The van der Waals surface area contributed by atoms with Crippen molar-refractivity contribution in [3.05, 3.63) is 36.7 Å². The van der Waals surface area contributed by atoms with Crippen LogP contribution in [0.5, 0.6) is 0 Å². The topological polar surface area (TPSA) is 42.0 Å². The molecule has 1 aromatic heterocycles. The van der Waals surface area contributed by atoms with Crippen molar-refractivity contribution in [2.45, 2.75) is 0 Å². The molecule has 1 radical (unpaired) electrons. The number of anilines is 1. The molecule has 2 rings (SSSR count). The van der Waals surface area contributed by atoms with Crippen LogP contribution < -0.4 is 5.32 Å². The zero-order chi connectivity index (χ0) is 9.10. The van der Waals surface area contributed by atoms with E-state index in [2.05, 4.69) is 10.3 Å². The number of benzene rings is 1. The maximum Gasteiger partial charge on any atom is 0.314 e. The Morgan fingerprint density at radius 1 is 1.23 bits per heavy atom. The molecular weight excluding hydrogens is 164 g/mol. The summed E-state index contributed by atoms with van der Waals surface area (Å²) in [5.41, 5.74) is 0.744. The molecule has 3 heteroatoms. The van der Waals surface area contributed by atoms with E-state index in [-0.39, 0.29) is 0 Å². The van der Waals surface area contributed by atoms with Gasteiger partial charge in [0, 0.05) is 23.5 Å². The summed E-state index contributed by atoms with van der Waals surface area (Å²) in [5, 5.41) is 4.58. The van der Waals surface area contributed by atoms with Crippen LogP contribution in [0.4, 0.5) is 5.69 Å². The maximum absolute atomic E-state index is 10.1. The maximum atomic E-state index is 10.1. The summed E-state index contributed by atoms with van der Waals surface area (Å²) in [5.74, 6) is 0. The zero-order valence-electron chi connectivity index (χ0n) is 6.82. The number of hydrogen-bond acceptors (Lipinski definition) is 2. The zero-order valence-corrected chi connectivity index (χ0v) is 6.82. The van der Waals surface area contributed by atoms with Crippen molar-refractivity contribution >= 4 is 22.9 Å². The van der Waals surface area contributed by atoms with Crippen molar-refractivity contribution in [1.29, 1.82) is 0 Å². The van der Waals surface area contributed by atoms with Gasteiger partial charge in [0.1, 0.15) is 0 Å². The molecule has 0 bridgehead atoms. The molecule has 0 fully saturated rings. The number of aromatic nitrogens is 1. The lowest BCUT2D eigenvalue weighted by molar-refractivity contribution is 0.561. The Bertz CT molecular complexity index is 440. The van der Waals surface area contributed by atoms with E-state index in [0.717, 1.165) is 16.5 Å². The van der Waals surface area contributed by atoms with Crippen LogP contribution in [0.25, 0.3) is 10.8 Å². The van der Waals surface area contributed by atoms with Crippen molar-refractivity contribution in [3.8, 4) is 0 Å². The predicted octanol–water partition coefficient (Wildman–Crippen LogP) is 1.71. The third kappa shape index (κ3) is 1.49. The fourth-order valence-electron chi connectivity index (χ4n) is 1.22. The third-order valence-corrected chi connectivity index (χ3v) is 1.84. The van der Waals surface area contributed by atoms with E-state index in [4.69, 9.17) is 0 Å². The molecule has 0 saturated carbocycles. The fraction of sp³-hybridized carbons (Fsp3) is 0. The Balaban J connectivity index is 2.55. The molecule has 1 heterocycles. The van der Waals surface area contributed by atoms with Crippen LogP contribution in [-0.4, -0.2) is 11.4 Å². The lowest BCUT2D eigenvalue weighted by Gasteiger charge is -1.99. The highest BCUT2D eigenvalue weighted by molar-refractivity contribution is 5.87. The van der Waals surface area contributed by atoms with Crippen molar-refractivity contribution in [1.82, 2.24) is 4.98 Å². The highest BCUT2D eigenvalue weighted by Crippen LogP contribution is 2.16. The van der Waals surface area contributed by atoms with Crippen LogP contribution in [0, 0.1) is 0 Å². The quantitative estimate of drug-likeness (QED) is 0.699. The smallest absolute Gasteiger partial charge is 0.314 e. The molecule has 13 heavy (non-hydrogen) atoms. The summed E-state index contributed by atoms with van der Waals surface area (Å²) in [7, 11) is 0. The molecule has 0 saturated heterocycles. The number of nitrogens with one attached hydrogen (secondary N) is 1. The standard InChI is InChI=1S/C10H7N2O/c13-7-12-10-2-1-9-6-11-4-3-8(9)5-10/h1-6H,(H,12,13). The Morgan fingerprint density at radius 2 is 2.15 bits per heavy atom. The van der Waals surface area contributed by atoms with Gasteiger partial charge in [-0.2, -0.15) is 0 Å². The first-order valence-electron chi connectivity index (χ1n) is 3.87. The number of amides is 1. The Morgan fingerprint density at radius 3 is 3.00 bits per heavy atom. The summed E-state index contributed by atoms with van der Waals surface area (Å²) < 4.78 is 0. The molecular formula is C10H7N2O. The van der Waals surface area contributed by atoms with E-state index in [1.165, 1.54) is 0 Å². The highest BCUT2D eigenvalue weighted by Gasteiger charge is 1.94. The van der Waals surface area contributed by atoms with Gasteiger partial charge in [-0.3, -0.25) is 9.78 Å². The number of nitrogens with zero attached hydrogens (tertiary/aromatic N) is 1. The highest BCUT2D eigenvalue weighted by atomic mass is 16.1. The number of carbonyl (C=O) groups excluding carboxylic acids is 1. The molecule has 1 amide bonds. The number of rotatable bonds is 2. The molecule has 3 nitrogen and oxygen atoms in total. The van der Waals surface area contributed by atoms with E-state index >= 15 is 0 Å². The minimum Gasteiger partial charge on any atom is -0.318 e. The van der Waals surface area contributed by atoms with Crippen LogP contribution in [-0.2, 0) is 4.79 Å². The Hall–Kier alpha value is -1.90. The second-order valence-corrected chi connectivity index (χ2v) is 2.66. The SMILES string of the molecule is O=[C]Nc1ccc2cnccc2c1. The van der Waals surface area contributed by atoms with Gasteiger partial charge in [0.2, 0.25) is 0 Å². The average molecular weight is 171 g/mol. The van der Waals surface area contributed by atoms with Crippen molar-refractivity contribution in [3.63, 3.8) is 0 Å². The molecule has 2 aromatic rings. The Labute approximate surface area is 75.4 Å². The monoisotopic (exact) mass is 171 g/mol. The first-order chi connectivity index (χ1) is 6.40. The van der Waals surface area contributed by atoms with Crippen LogP contribution in [0.1, 0.15) is 0 Å². The molecule has 0 unspecified atom stereocenters. The molecule has 0 aliphatic heterocycles. The Kier molecular flexibility index (Phi) is 1.92. The van der Waals surface area contributed by atoms with Crippen LogP contribution in [0.3, 0.4) is 0 Å². The van der Waals surface area contributed by atoms with Crippen molar-refractivity contribution in [2.75, 3.05) is 5.32 Å². The van der Waals surface area contributed by atoms with Gasteiger partial charge in [-0.05, 0) is 23.6 Å². The number of fused-ring (bicyclic) bond motifs is 1. The van der Waals surface area contributed by atoms with Gasteiger partial charge < -0.3 is 5.32 Å². The second kappa shape index (κ2) is 3.23. The van der Waals surface area contributed by atoms with E-state index in [1.807, 2.05) is 24.3 Å². The molecule has 0 atom stereocenters. The molecule has 1 N–H and O–H groups in total. The van der Waals surface area contributed by atoms with Gasteiger partial charge in [-0.15, -0.1) is 0 Å². The van der Waals surface area contributed by atoms with E-state index in [1.54, 1.807) is 18.8 Å². The first-order valence-corrected chi connectivity index (χ1v) is 3.87. The van der Waals surface area contributed by atoms with Gasteiger partial charge in [0.15, 0.2) is 0 Å². The lowest BCUT2D eigenvalue weighted by atomic mass is 10.1. The van der Waals surface area contributed by atoms with Gasteiger partial charge in [-0.25, -0.2) is 0 Å². The summed E-state index contributed by atoms with van der Waals surface area (Å²) >= 11 is 0. The van der Waals surface area contributed by atoms with Gasteiger partial charge >= 0.3 is 6.41 Å². The van der Waals surface area contributed by atoms with Gasteiger partial charge in [-0.1, -0.05) is 6.07 Å². The van der Waals surface area contributed by atoms with Crippen LogP contribution in [0.15, 0.2) is 36.7 Å². The van der Waals surface area contributed by atoms with Gasteiger partial charge in [0.25, 0.3) is 0 Å². The normalized spacial score (nSPS) is 9.85. The summed E-state index contributed by atoms with van der Waals surface area (Å²) in [6.45, 7) is 0. The van der Waals surface area contributed by atoms with E-state index < -0.39 is 0 Å². The molecule has 1 aromatic carbocycles. The minimum absolute atomic E-state index is 0.744. The van der Waals surface area contributed by atoms with Crippen molar-refractivity contribution in [2.24, 2.45) is 0 Å². The largest absolute Gasteiger partial charge is 0.318 e. The predicted molar refractivity (Wildman–Crippen MR) is 51.1 cm³/mol. The van der Waals surface area contributed by atoms with Crippen LogP contribution >= 0.6 is 0 Å². The fourth-order valence-corrected chi connectivity index (χ4v) is 1.22. The molecule has 63 valence electrons. The molecule has 0 aliphatic rings. The number of hydrogen-bond donors (Lipinski definition) is 1. The third-order valence-electron chi connectivity index (χ3n) is 1.84. The minimum atomic E-state index is 0.744. The first kappa shape index (κ1) is 7.73. The van der Waals surface area contributed by atoms with Crippen LogP contribution in [0.2, 0.25) is 0 Å². The van der Waals surface area contributed by atoms with Crippen molar-refractivity contribution < 1.29 is 4.79 Å². The van der Waals surface area contributed by atoms with E-state index in [0.29, 0.717) is 0 Å². The van der Waals surface area contributed by atoms with Gasteiger partial charge in [0.05, 0.1) is 0 Å².